The van der Waals surface area contributed by atoms with E-state index in [9.17, 15) is 5.11 Å². The molecule has 0 spiro atoms. The van der Waals surface area contributed by atoms with Crippen molar-refractivity contribution in [3.05, 3.63) is 11.5 Å². The Hall–Kier alpha value is -0.660. The fraction of sp³-hybridized carbons (Fsp3) is 0.600. The van der Waals surface area contributed by atoms with Crippen LogP contribution < -0.4 is 5.11 Å². The van der Waals surface area contributed by atoms with Gasteiger partial charge in [0.25, 0.3) is 0 Å². The summed E-state index contributed by atoms with van der Waals surface area (Å²) in [4.78, 5) is 0. The summed E-state index contributed by atoms with van der Waals surface area (Å²) in [5.74, 6) is -0.125. The van der Waals surface area contributed by atoms with Crippen molar-refractivity contribution in [1.29, 1.82) is 0 Å². The van der Waals surface area contributed by atoms with Gasteiger partial charge in [0, 0.05) is 0 Å². The maximum atomic E-state index is 10.3. The third kappa shape index (κ3) is 0.683. The second kappa shape index (κ2) is 1.45. The molecule has 0 bridgehead atoms. The summed E-state index contributed by atoms with van der Waals surface area (Å²) >= 11 is 0. The summed E-state index contributed by atoms with van der Waals surface area (Å²) in [7, 11) is 0. The van der Waals surface area contributed by atoms with Crippen LogP contribution >= 0.6 is 0 Å². The van der Waals surface area contributed by atoms with Gasteiger partial charge in [0.2, 0.25) is 0 Å². The fourth-order valence-electron chi connectivity index (χ4n) is 0.522. The maximum absolute atomic E-state index is 10.3. The highest BCUT2D eigenvalue weighted by molar-refractivity contribution is 5.01. The highest BCUT2D eigenvalue weighted by atomic mass is 16.6. The van der Waals surface area contributed by atoms with Crippen LogP contribution in [-0.2, 0) is 4.74 Å². The van der Waals surface area contributed by atoms with Crippen molar-refractivity contribution in [2.45, 2.75) is 13.3 Å². The summed E-state index contributed by atoms with van der Waals surface area (Å²) in [5, 5.41) is 10.3. The average Bonchev–Trinajstić information content (AvgIpc) is 1.91. The van der Waals surface area contributed by atoms with Gasteiger partial charge in [-0.2, -0.15) is 0 Å². The van der Waals surface area contributed by atoms with E-state index in [1.165, 1.54) is 0 Å². The van der Waals surface area contributed by atoms with Crippen LogP contribution in [-0.4, -0.2) is 6.61 Å². The molecule has 1 rings (SSSR count). The Morgan fingerprint density at radius 1 is 1.71 bits per heavy atom. The average molecular weight is 99.1 g/mol. The SMILES string of the molecule is CC1=C([O-])OCC1. The number of ether oxygens (including phenoxy) is 1. The van der Waals surface area contributed by atoms with Crippen molar-refractivity contribution in [1.82, 2.24) is 0 Å². The zero-order chi connectivity index (χ0) is 5.28. The van der Waals surface area contributed by atoms with E-state index in [4.69, 9.17) is 0 Å². The molecule has 0 saturated carbocycles. The zero-order valence-corrected chi connectivity index (χ0v) is 4.23. The first-order valence-corrected chi connectivity index (χ1v) is 2.30. The zero-order valence-electron chi connectivity index (χ0n) is 4.23. The molecule has 0 saturated heterocycles. The van der Waals surface area contributed by atoms with Gasteiger partial charge >= 0.3 is 0 Å². The minimum absolute atomic E-state index is 0.125. The van der Waals surface area contributed by atoms with Crippen LogP contribution in [0.5, 0.6) is 0 Å². The Kier molecular flexibility index (Phi) is 0.929. The van der Waals surface area contributed by atoms with E-state index < -0.39 is 0 Å². The van der Waals surface area contributed by atoms with Gasteiger partial charge in [0.15, 0.2) is 0 Å². The van der Waals surface area contributed by atoms with Crippen LogP contribution in [0.1, 0.15) is 13.3 Å². The number of hydrogen-bond acceptors (Lipinski definition) is 2. The van der Waals surface area contributed by atoms with Crippen LogP contribution in [0.15, 0.2) is 11.5 Å². The fourth-order valence-corrected chi connectivity index (χ4v) is 0.522. The largest absolute Gasteiger partial charge is 0.613 e. The Bertz CT molecular complexity index is 92.6. The van der Waals surface area contributed by atoms with E-state index in [-0.39, 0.29) is 5.95 Å². The van der Waals surface area contributed by atoms with E-state index in [0.717, 1.165) is 12.0 Å². The quantitative estimate of drug-likeness (QED) is 0.428. The van der Waals surface area contributed by atoms with Gasteiger partial charge in [-0.3, -0.25) is 0 Å². The van der Waals surface area contributed by atoms with Gasteiger partial charge < -0.3 is 9.84 Å². The Morgan fingerprint density at radius 3 is 2.57 bits per heavy atom. The predicted molar refractivity (Wildman–Crippen MR) is 23.3 cm³/mol. The van der Waals surface area contributed by atoms with Crippen molar-refractivity contribution in [2.75, 3.05) is 6.61 Å². The smallest absolute Gasteiger partial charge is 0.0501 e. The molecule has 0 fully saturated rings. The van der Waals surface area contributed by atoms with Crippen LogP contribution in [0.2, 0.25) is 0 Å². The third-order valence-electron chi connectivity index (χ3n) is 1.06. The van der Waals surface area contributed by atoms with Crippen LogP contribution in [0.25, 0.3) is 0 Å². The number of hydrogen-bond donors (Lipinski definition) is 0. The first-order valence-electron chi connectivity index (χ1n) is 2.30. The van der Waals surface area contributed by atoms with Gasteiger partial charge in [-0.25, -0.2) is 0 Å². The van der Waals surface area contributed by atoms with E-state index in [0.29, 0.717) is 6.61 Å². The van der Waals surface area contributed by atoms with Crippen molar-refractivity contribution in [3.63, 3.8) is 0 Å². The molecule has 0 aromatic rings. The Morgan fingerprint density at radius 2 is 2.43 bits per heavy atom. The van der Waals surface area contributed by atoms with E-state index in [1.54, 1.807) is 6.92 Å². The van der Waals surface area contributed by atoms with Gasteiger partial charge in [0.05, 0.1) is 5.95 Å². The van der Waals surface area contributed by atoms with Crippen LogP contribution in [0.3, 0.4) is 0 Å². The van der Waals surface area contributed by atoms with Crippen molar-refractivity contribution in [3.8, 4) is 0 Å². The number of rotatable bonds is 0. The lowest BCUT2D eigenvalue weighted by Crippen LogP contribution is -2.03. The predicted octanol–water partition coefficient (Wildman–Crippen LogP) is -0.00150. The molecule has 1 heterocycles. The monoisotopic (exact) mass is 99.0 g/mol. The molecule has 7 heavy (non-hydrogen) atoms. The highest BCUT2D eigenvalue weighted by Crippen LogP contribution is 2.11. The Balaban J connectivity index is 2.64. The van der Waals surface area contributed by atoms with E-state index >= 15 is 0 Å². The Labute approximate surface area is 42.4 Å². The van der Waals surface area contributed by atoms with Gasteiger partial charge in [0.1, 0.15) is 0 Å². The third-order valence-corrected chi connectivity index (χ3v) is 1.06. The molecule has 0 radical (unpaired) electrons. The van der Waals surface area contributed by atoms with Crippen molar-refractivity contribution in [2.24, 2.45) is 0 Å². The molecule has 1 aliphatic heterocycles. The molecule has 0 amide bonds. The molecule has 0 atom stereocenters. The highest BCUT2D eigenvalue weighted by Gasteiger charge is 1.97. The normalized spacial score (nSPS) is 20.1. The lowest BCUT2D eigenvalue weighted by atomic mass is 10.3. The lowest BCUT2D eigenvalue weighted by Gasteiger charge is -2.04. The van der Waals surface area contributed by atoms with Gasteiger partial charge in [-0.1, -0.05) is 5.57 Å². The first-order chi connectivity index (χ1) is 3.30. The summed E-state index contributed by atoms with van der Waals surface area (Å²) in [5.41, 5.74) is 0.847. The summed E-state index contributed by atoms with van der Waals surface area (Å²) in [6.45, 7) is 2.39. The van der Waals surface area contributed by atoms with Gasteiger partial charge in [-0.15, -0.1) is 0 Å². The molecular weight excluding hydrogens is 92.1 g/mol. The maximum Gasteiger partial charge on any atom is 0.0501 e. The molecule has 0 aromatic carbocycles. The standard InChI is InChI=1S/C5H8O2/c1-4-2-3-7-5(4)6/h6H,2-3H2,1H3/p-1. The minimum atomic E-state index is -0.125. The van der Waals surface area contributed by atoms with E-state index in [2.05, 4.69) is 4.74 Å². The molecule has 2 heteroatoms. The molecule has 0 aliphatic carbocycles. The molecule has 0 N–H and O–H groups in total. The molecule has 0 unspecified atom stereocenters. The van der Waals surface area contributed by atoms with Crippen LogP contribution in [0, 0.1) is 0 Å². The molecule has 40 valence electrons. The molecule has 2 nitrogen and oxygen atoms in total. The van der Waals surface area contributed by atoms with Crippen molar-refractivity contribution >= 4 is 0 Å². The van der Waals surface area contributed by atoms with E-state index in [1.807, 2.05) is 0 Å². The second-order valence-corrected chi connectivity index (χ2v) is 1.67. The van der Waals surface area contributed by atoms with Crippen molar-refractivity contribution < 1.29 is 9.84 Å². The minimum Gasteiger partial charge on any atom is -0.613 e. The topological polar surface area (TPSA) is 32.3 Å². The summed E-state index contributed by atoms with van der Waals surface area (Å²) in [6, 6.07) is 0. The molecule has 1 aliphatic rings. The second-order valence-electron chi connectivity index (χ2n) is 1.67. The molecular formula is C5H7O2-. The lowest BCUT2D eigenvalue weighted by molar-refractivity contribution is -0.353. The van der Waals surface area contributed by atoms with Crippen LogP contribution in [0.4, 0.5) is 0 Å². The first kappa shape index (κ1) is 4.50. The summed E-state index contributed by atoms with van der Waals surface area (Å²) in [6.07, 6.45) is 0.818. The molecule has 0 aromatic heterocycles. The summed E-state index contributed by atoms with van der Waals surface area (Å²) < 4.78 is 4.59. The van der Waals surface area contributed by atoms with Gasteiger partial charge in [-0.05, 0) is 20.0 Å².